The molecule has 0 radical (unpaired) electrons. The minimum Gasteiger partial charge on any atom is -0.464 e. The van der Waals surface area contributed by atoms with Crippen LogP contribution in [0.1, 0.15) is 15.9 Å². The molecule has 0 aliphatic carbocycles. The van der Waals surface area contributed by atoms with E-state index in [1.165, 1.54) is 6.26 Å². The fourth-order valence-electron chi connectivity index (χ4n) is 3.54. The van der Waals surface area contributed by atoms with Crippen molar-refractivity contribution in [1.82, 2.24) is 9.97 Å². The molecule has 0 bridgehead atoms. The van der Waals surface area contributed by atoms with Crippen molar-refractivity contribution in [2.75, 3.05) is 4.90 Å². The van der Waals surface area contributed by atoms with Crippen LogP contribution in [0.5, 0.6) is 0 Å². The van der Waals surface area contributed by atoms with E-state index >= 15 is 0 Å². The van der Waals surface area contributed by atoms with Gasteiger partial charge in [-0.15, -0.1) is 0 Å². The highest BCUT2D eigenvalue weighted by Crippen LogP contribution is 2.22. The normalized spacial score (nSPS) is 11.0. The van der Waals surface area contributed by atoms with E-state index in [9.17, 15) is 9.59 Å². The second-order valence-corrected chi connectivity index (χ2v) is 7.07. The van der Waals surface area contributed by atoms with Gasteiger partial charge in [-0.1, -0.05) is 30.3 Å². The highest BCUT2D eigenvalue weighted by Gasteiger charge is 2.21. The van der Waals surface area contributed by atoms with E-state index in [1.54, 1.807) is 53.7 Å². The van der Waals surface area contributed by atoms with Gasteiger partial charge in [0.1, 0.15) is 5.58 Å². The van der Waals surface area contributed by atoms with Crippen molar-refractivity contribution in [1.29, 1.82) is 0 Å². The predicted octanol–water partition coefficient (Wildman–Crippen LogP) is 4.58. The fourth-order valence-corrected chi connectivity index (χ4v) is 3.54. The van der Waals surface area contributed by atoms with E-state index in [2.05, 4.69) is 9.97 Å². The largest absolute Gasteiger partial charge is 0.464 e. The van der Waals surface area contributed by atoms with E-state index in [-0.39, 0.29) is 17.9 Å². The third-order valence-corrected chi connectivity index (χ3v) is 5.11. The fraction of sp³-hybridized carbons (Fsp3) is 0.0400. The number of anilines is 1. The van der Waals surface area contributed by atoms with Gasteiger partial charge in [-0.2, -0.15) is 0 Å². The monoisotopic (exact) mass is 407 g/mol. The lowest BCUT2D eigenvalue weighted by Gasteiger charge is -2.23. The van der Waals surface area contributed by atoms with Crippen LogP contribution in [0.3, 0.4) is 0 Å². The quantitative estimate of drug-likeness (QED) is 0.436. The number of rotatable bonds is 4. The van der Waals surface area contributed by atoms with Crippen LogP contribution in [0.4, 0.5) is 5.69 Å². The van der Waals surface area contributed by atoms with Crippen LogP contribution in [0, 0.1) is 0 Å². The Morgan fingerprint density at radius 1 is 0.871 bits per heavy atom. The molecule has 0 aliphatic rings. The first kappa shape index (κ1) is 18.7. The van der Waals surface area contributed by atoms with E-state index in [0.717, 1.165) is 0 Å². The minimum absolute atomic E-state index is 0.0779. The second kappa shape index (κ2) is 7.84. The Hall–Kier alpha value is -4.32. The number of hydrogen-bond acceptors (Lipinski definition) is 5. The molecule has 0 saturated carbocycles. The first-order valence-corrected chi connectivity index (χ1v) is 9.78. The van der Waals surface area contributed by atoms with Crippen molar-refractivity contribution in [3.05, 3.63) is 113 Å². The van der Waals surface area contributed by atoms with E-state index in [1.807, 2.05) is 36.4 Å². The molecular formula is C25H17N3O3. The molecule has 0 unspecified atom stereocenters. The lowest BCUT2D eigenvalue weighted by Crippen LogP contribution is -2.32. The molecule has 2 aromatic heterocycles. The Balaban J connectivity index is 1.58. The van der Waals surface area contributed by atoms with Gasteiger partial charge in [-0.25, -0.2) is 0 Å². The maximum Gasteiger partial charge on any atom is 0.258 e. The number of amides is 1. The van der Waals surface area contributed by atoms with Gasteiger partial charge in [0, 0.05) is 23.6 Å². The number of aromatic nitrogens is 2. The summed E-state index contributed by atoms with van der Waals surface area (Å²) in [5.74, 6) is -0.244. The maximum atomic E-state index is 13.5. The Morgan fingerprint density at radius 3 is 2.45 bits per heavy atom. The lowest BCUT2D eigenvalue weighted by atomic mass is 10.1. The summed E-state index contributed by atoms with van der Waals surface area (Å²) in [6, 6.07) is 21.5. The molecule has 150 valence electrons. The van der Waals surface area contributed by atoms with Gasteiger partial charge >= 0.3 is 0 Å². The molecule has 6 nitrogen and oxygen atoms in total. The number of carbonyl (C=O) groups is 1. The molecule has 2 heterocycles. The van der Waals surface area contributed by atoms with Crippen molar-refractivity contribution in [2.45, 2.75) is 6.54 Å². The number of nitrogens with zero attached hydrogens (tertiary/aromatic N) is 3. The summed E-state index contributed by atoms with van der Waals surface area (Å²) in [5.41, 5.74) is 3.24. The molecule has 1 amide bonds. The second-order valence-electron chi connectivity index (χ2n) is 7.07. The van der Waals surface area contributed by atoms with Gasteiger partial charge < -0.3 is 9.32 Å². The molecule has 0 fully saturated rings. The Bertz CT molecular complexity index is 1460. The van der Waals surface area contributed by atoms with Gasteiger partial charge in [0.05, 0.1) is 34.8 Å². The van der Waals surface area contributed by atoms with E-state index in [0.29, 0.717) is 38.8 Å². The van der Waals surface area contributed by atoms with Gasteiger partial charge in [-0.3, -0.25) is 19.6 Å². The molecular weight excluding hydrogens is 390 g/mol. The van der Waals surface area contributed by atoms with Crippen LogP contribution in [0.2, 0.25) is 0 Å². The predicted molar refractivity (Wildman–Crippen MR) is 119 cm³/mol. The van der Waals surface area contributed by atoms with Gasteiger partial charge in [0.2, 0.25) is 0 Å². The number of carbonyl (C=O) groups excluding carboxylic acids is 1. The number of hydrogen-bond donors (Lipinski definition) is 0. The average Bonchev–Trinajstić information content (AvgIpc) is 2.84. The lowest BCUT2D eigenvalue weighted by molar-refractivity contribution is 0.0985. The van der Waals surface area contributed by atoms with Gasteiger partial charge in [0.15, 0.2) is 5.43 Å². The van der Waals surface area contributed by atoms with Crippen LogP contribution in [0.25, 0.3) is 22.0 Å². The summed E-state index contributed by atoms with van der Waals surface area (Å²) in [5, 5.41) is 0.487. The summed E-state index contributed by atoms with van der Waals surface area (Å²) in [4.78, 5) is 36.6. The van der Waals surface area contributed by atoms with Crippen molar-refractivity contribution in [3.8, 4) is 0 Å². The highest BCUT2D eigenvalue weighted by molar-refractivity contribution is 6.07. The van der Waals surface area contributed by atoms with Crippen LogP contribution >= 0.6 is 0 Å². The Kier molecular flexibility index (Phi) is 4.72. The summed E-state index contributed by atoms with van der Waals surface area (Å²) in [6.07, 6.45) is 4.63. The van der Waals surface area contributed by atoms with Crippen LogP contribution < -0.4 is 10.3 Å². The first-order chi connectivity index (χ1) is 15.2. The topological polar surface area (TPSA) is 76.3 Å². The Labute approximate surface area is 177 Å². The van der Waals surface area contributed by atoms with Crippen molar-refractivity contribution >= 4 is 33.6 Å². The molecule has 3 aromatic carbocycles. The summed E-state index contributed by atoms with van der Waals surface area (Å²) < 4.78 is 5.65. The van der Waals surface area contributed by atoms with Gasteiger partial charge in [-0.05, 0) is 42.5 Å². The molecule has 5 aromatic rings. The molecule has 0 spiro atoms. The molecule has 6 heteroatoms. The zero-order chi connectivity index (χ0) is 21.2. The standard InChI is InChI=1S/C25H17N3O3/c29-24-18(16-31-23-9-5-4-8-20(23)24)15-28(19-6-2-1-3-7-19)25(30)17-10-11-21-22(14-17)27-13-12-26-21/h1-14,16H,15H2. The Morgan fingerprint density at radius 2 is 1.61 bits per heavy atom. The zero-order valence-corrected chi connectivity index (χ0v) is 16.4. The average molecular weight is 407 g/mol. The van der Waals surface area contributed by atoms with Gasteiger partial charge in [0.25, 0.3) is 5.91 Å². The smallest absolute Gasteiger partial charge is 0.258 e. The molecule has 0 N–H and O–H groups in total. The van der Waals surface area contributed by atoms with Crippen molar-refractivity contribution in [3.63, 3.8) is 0 Å². The number of para-hydroxylation sites is 2. The minimum atomic E-state index is -0.244. The third-order valence-electron chi connectivity index (χ3n) is 5.11. The first-order valence-electron chi connectivity index (χ1n) is 9.78. The van der Waals surface area contributed by atoms with E-state index in [4.69, 9.17) is 4.42 Å². The summed E-state index contributed by atoms with van der Waals surface area (Å²) in [7, 11) is 0. The maximum absolute atomic E-state index is 13.5. The van der Waals surface area contributed by atoms with Crippen molar-refractivity contribution in [2.24, 2.45) is 0 Å². The molecule has 0 atom stereocenters. The number of benzene rings is 3. The van der Waals surface area contributed by atoms with Crippen LogP contribution in [0.15, 0.2) is 101 Å². The molecule has 31 heavy (non-hydrogen) atoms. The van der Waals surface area contributed by atoms with Crippen LogP contribution in [-0.2, 0) is 6.54 Å². The number of fused-ring (bicyclic) bond motifs is 2. The van der Waals surface area contributed by atoms with Crippen molar-refractivity contribution < 1.29 is 9.21 Å². The summed E-state index contributed by atoms with van der Waals surface area (Å²) in [6.45, 7) is 0.0779. The SMILES string of the molecule is O=C(c1ccc2nccnc2c1)N(Cc1coc2ccccc2c1=O)c1ccccc1. The van der Waals surface area contributed by atoms with E-state index < -0.39 is 0 Å². The third kappa shape index (κ3) is 3.55. The molecule has 0 aliphatic heterocycles. The highest BCUT2D eigenvalue weighted by atomic mass is 16.3. The molecule has 5 rings (SSSR count). The molecule has 0 saturated heterocycles. The zero-order valence-electron chi connectivity index (χ0n) is 16.4. The summed E-state index contributed by atoms with van der Waals surface area (Å²) >= 11 is 0. The van der Waals surface area contributed by atoms with Crippen LogP contribution in [-0.4, -0.2) is 15.9 Å².